The maximum Gasteiger partial charge on any atom is 0.243 e. The van der Waals surface area contributed by atoms with E-state index >= 15 is 0 Å². The molecular formula is C22H19N3O2S. The summed E-state index contributed by atoms with van der Waals surface area (Å²) >= 11 is 1.39. The van der Waals surface area contributed by atoms with Gasteiger partial charge in [0.05, 0.1) is 29.7 Å². The van der Waals surface area contributed by atoms with Crippen molar-refractivity contribution in [1.29, 1.82) is 5.26 Å². The second-order valence-corrected chi connectivity index (χ2v) is 6.77. The Kier molecular flexibility index (Phi) is 6.94. The number of nitrogens with zero attached hydrogens (tertiary/aromatic N) is 1. The predicted molar refractivity (Wildman–Crippen MR) is 113 cm³/mol. The molecule has 28 heavy (non-hydrogen) atoms. The van der Waals surface area contributed by atoms with Gasteiger partial charge in [0.1, 0.15) is 5.75 Å². The number of hydrogen-bond donors (Lipinski definition) is 2. The van der Waals surface area contributed by atoms with Gasteiger partial charge in [0.25, 0.3) is 0 Å². The number of benzene rings is 3. The molecule has 0 radical (unpaired) electrons. The zero-order valence-corrected chi connectivity index (χ0v) is 15.9. The number of hydrogen-bond acceptors (Lipinski definition) is 5. The van der Waals surface area contributed by atoms with Gasteiger partial charge in [-0.05, 0) is 36.4 Å². The van der Waals surface area contributed by atoms with Gasteiger partial charge in [0.15, 0.2) is 5.75 Å². The molecule has 0 fully saturated rings. The molecule has 2 N–H and O–H groups in total. The molecule has 0 aromatic heterocycles. The van der Waals surface area contributed by atoms with Gasteiger partial charge in [-0.1, -0.05) is 42.5 Å². The van der Waals surface area contributed by atoms with Crippen molar-refractivity contribution in [3.63, 3.8) is 0 Å². The summed E-state index contributed by atoms with van der Waals surface area (Å²) in [5.74, 6) is 1.52. The molecular weight excluding hydrogens is 370 g/mol. The van der Waals surface area contributed by atoms with Crippen molar-refractivity contribution in [1.82, 2.24) is 0 Å². The van der Waals surface area contributed by atoms with E-state index in [4.69, 9.17) is 10.00 Å². The highest BCUT2D eigenvalue weighted by Crippen LogP contribution is 2.29. The molecule has 5 nitrogen and oxygen atoms in total. The Hall–Kier alpha value is -3.43. The monoisotopic (exact) mass is 389 g/mol. The van der Waals surface area contributed by atoms with Crippen LogP contribution in [0.25, 0.3) is 0 Å². The van der Waals surface area contributed by atoms with Crippen molar-refractivity contribution in [3.8, 4) is 17.6 Å². The Morgan fingerprint density at radius 2 is 1.61 bits per heavy atom. The van der Waals surface area contributed by atoms with Crippen molar-refractivity contribution >= 4 is 29.0 Å². The normalized spacial score (nSPS) is 9.96. The third-order valence-electron chi connectivity index (χ3n) is 3.75. The van der Waals surface area contributed by atoms with Gasteiger partial charge in [-0.2, -0.15) is 5.26 Å². The number of carbonyl (C=O) groups excluding carboxylic acids is 1. The van der Waals surface area contributed by atoms with Gasteiger partial charge >= 0.3 is 0 Å². The van der Waals surface area contributed by atoms with Gasteiger partial charge in [-0.3, -0.25) is 4.79 Å². The average Bonchev–Trinajstić information content (AvgIpc) is 2.73. The van der Waals surface area contributed by atoms with Crippen LogP contribution in [-0.2, 0) is 4.79 Å². The minimum Gasteiger partial charge on any atom is -0.455 e. The van der Waals surface area contributed by atoms with Gasteiger partial charge in [0.2, 0.25) is 5.91 Å². The molecule has 3 aromatic carbocycles. The van der Waals surface area contributed by atoms with Crippen LogP contribution in [0.4, 0.5) is 11.4 Å². The highest BCUT2D eigenvalue weighted by atomic mass is 32.2. The Bertz CT molecular complexity index is 971. The molecule has 0 aliphatic carbocycles. The van der Waals surface area contributed by atoms with Crippen molar-refractivity contribution in [2.45, 2.75) is 4.90 Å². The molecule has 3 rings (SSSR count). The van der Waals surface area contributed by atoms with E-state index in [-0.39, 0.29) is 12.5 Å². The number of thioether (sulfide) groups is 1. The summed E-state index contributed by atoms with van der Waals surface area (Å²) < 4.78 is 5.90. The van der Waals surface area contributed by atoms with Crippen LogP contribution in [0.1, 0.15) is 0 Å². The van der Waals surface area contributed by atoms with Crippen LogP contribution in [0.15, 0.2) is 83.8 Å². The number of para-hydroxylation sites is 4. The summed E-state index contributed by atoms with van der Waals surface area (Å²) in [4.78, 5) is 13.3. The Morgan fingerprint density at radius 1 is 0.929 bits per heavy atom. The number of ether oxygens (including phenoxy) is 1. The molecule has 0 spiro atoms. The quantitative estimate of drug-likeness (QED) is 0.522. The minimum atomic E-state index is -0.181. The van der Waals surface area contributed by atoms with Crippen molar-refractivity contribution < 1.29 is 9.53 Å². The first-order valence-electron chi connectivity index (χ1n) is 8.70. The first-order valence-corrected chi connectivity index (χ1v) is 9.69. The van der Waals surface area contributed by atoms with Crippen LogP contribution in [-0.4, -0.2) is 18.2 Å². The number of anilines is 2. The van der Waals surface area contributed by atoms with Gasteiger partial charge in [-0.25, -0.2) is 0 Å². The van der Waals surface area contributed by atoms with Crippen molar-refractivity contribution in [3.05, 3.63) is 78.9 Å². The summed E-state index contributed by atoms with van der Waals surface area (Å²) in [5.41, 5.74) is 1.43. The number of nitrogens with one attached hydrogen (secondary N) is 2. The summed E-state index contributed by atoms with van der Waals surface area (Å²) in [5, 5.41) is 14.8. The van der Waals surface area contributed by atoms with Crippen LogP contribution < -0.4 is 15.4 Å². The molecule has 3 aromatic rings. The van der Waals surface area contributed by atoms with Crippen molar-refractivity contribution in [2.75, 3.05) is 22.9 Å². The zero-order chi connectivity index (χ0) is 19.6. The molecule has 1 amide bonds. The lowest BCUT2D eigenvalue weighted by atomic mass is 10.2. The van der Waals surface area contributed by atoms with Crippen LogP contribution >= 0.6 is 11.8 Å². The summed E-state index contributed by atoms with van der Waals surface area (Å²) in [6.07, 6.45) is 0. The number of amides is 1. The largest absolute Gasteiger partial charge is 0.455 e. The molecule has 0 aliphatic rings. The zero-order valence-electron chi connectivity index (χ0n) is 15.1. The summed E-state index contributed by atoms with van der Waals surface area (Å²) in [7, 11) is 0. The highest BCUT2D eigenvalue weighted by molar-refractivity contribution is 7.99. The maximum atomic E-state index is 12.4. The molecule has 0 aliphatic heterocycles. The molecule has 0 atom stereocenters. The van der Waals surface area contributed by atoms with E-state index in [0.29, 0.717) is 17.2 Å². The number of rotatable bonds is 8. The Labute approximate surface area is 168 Å². The standard InChI is InChI=1S/C22H19N3O2S/c23-14-15-28-21-13-7-5-11-19(21)25-22(26)16-24-18-10-4-6-12-20(18)27-17-8-2-1-3-9-17/h1-13,24H,15-16H2,(H,25,26). The van der Waals surface area contributed by atoms with Crippen LogP contribution in [0.2, 0.25) is 0 Å². The maximum absolute atomic E-state index is 12.4. The molecule has 0 bridgehead atoms. The fourth-order valence-corrected chi connectivity index (χ4v) is 3.16. The van der Waals surface area contributed by atoms with E-state index in [1.54, 1.807) is 0 Å². The molecule has 140 valence electrons. The lowest BCUT2D eigenvalue weighted by molar-refractivity contribution is -0.114. The van der Waals surface area contributed by atoms with E-state index in [2.05, 4.69) is 16.7 Å². The average molecular weight is 389 g/mol. The van der Waals surface area contributed by atoms with E-state index in [1.807, 2.05) is 78.9 Å². The van der Waals surface area contributed by atoms with E-state index in [1.165, 1.54) is 11.8 Å². The van der Waals surface area contributed by atoms with Gasteiger partial charge in [0, 0.05) is 4.90 Å². The molecule has 6 heteroatoms. The topological polar surface area (TPSA) is 74.2 Å². The van der Waals surface area contributed by atoms with E-state index in [9.17, 15) is 4.79 Å². The smallest absolute Gasteiger partial charge is 0.243 e. The van der Waals surface area contributed by atoms with Gasteiger partial charge < -0.3 is 15.4 Å². The predicted octanol–water partition coefficient (Wildman–Crippen LogP) is 5.15. The van der Waals surface area contributed by atoms with Crippen LogP contribution in [0, 0.1) is 11.3 Å². The highest BCUT2D eigenvalue weighted by Gasteiger charge is 2.09. The van der Waals surface area contributed by atoms with Crippen molar-refractivity contribution in [2.24, 2.45) is 0 Å². The third kappa shape index (κ3) is 5.53. The molecule has 0 saturated carbocycles. The van der Waals surface area contributed by atoms with E-state index in [0.717, 1.165) is 16.3 Å². The molecule has 0 saturated heterocycles. The van der Waals surface area contributed by atoms with Crippen LogP contribution in [0.5, 0.6) is 11.5 Å². The first-order chi connectivity index (χ1) is 13.8. The SMILES string of the molecule is N#CCSc1ccccc1NC(=O)CNc1ccccc1Oc1ccccc1. The van der Waals surface area contributed by atoms with Gasteiger partial charge in [-0.15, -0.1) is 11.8 Å². The Morgan fingerprint density at radius 3 is 2.39 bits per heavy atom. The molecule has 0 heterocycles. The third-order valence-corrected chi connectivity index (χ3v) is 4.69. The minimum absolute atomic E-state index is 0.0897. The Balaban J connectivity index is 1.62. The fraction of sp³-hybridized carbons (Fsp3) is 0.0909. The number of carbonyl (C=O) groups is 1. The lowest BCUT2D eigenvalue weighted by Crippen LogP contribution is -2.22. The first kappa shape index (κ1) is 19.3. The second kappa shape index (κ2) is 10.0. The summed E-state index contributed by atoms with van der Waals surface area (Å²) in [6, 6.07) is 26.5. The summed E-state index contributed by atoms with van der Waals surface area (Å²) in [6.45, 7) is 0.0897. The fourth-order valence-electron chi connectivity index (χ4n) is 2.49. The van der Waals surface area contributed by atoms with Crippen LogP contribution in [0.3, 0.4) is 0 Å². The number of nitriles is 1. The molecule has 0 unspecified atom stereocenters. The van der Waals surface area contributed by atoms with E-state index < -0.39 is 0 Å². The lowest BCUT2D eigenvalue weighted by Gasteiger charge is -2.14. The second-order valence-electron chi connectivity index (χ2n) is 5.76.